The first-order chi connectivity index (χ1) is 6.33. The van der Waals surface area contributed by atoms with Crippen LogP contribution in [0.4, 0.5) is 10.5 Å². The topological polar surface area (TPSA) is 63.4 Å². The zero-order chi connectivity index (χ0) is 9.52. The van der Waals surface area contributed by atoms with Crippen LogP contribution in [-0.2, 0) is 0 Å². The lowest BCUT2D eigenvalue weighted by Gasteiger charge is -2.02. The SMILES string of the molecule is O=C([N]c1ccccc1)NCCO. The van der Waals surface area contributed by atoms with E-state index >= 15 is 0 Å². The number of nitrogens with zero attached hydrogens (tertiary/aromatic N) is 1. The van der Waals surface area contributed by atoms with Gasteiger partial charge in [0.1, 0.15) is 0 Å². The number of nitrogens with one attached hydrogen (secondary N) is 1. The summed E-state index contributed by atoms with van der Waals surface area (Å²) in [6, 6.07) is 8.50. The van der Waals surface area contributed by atoms with Crippen molar-refractivity contribution in [2.75, 3.05) is 13.2 Å². The predicted octanol–water partition coefficient (Wildman–Crippen LogP) is 0.624. The fourth-order valence-corrected chi connectivity index (χ4v) is 0.822. The van der Waals surface area contributed by atoms with Gasteiger partial charge in [-0.2, -0.15) is 5.32 Å². The van der Waals surface area contributed by atoms with Crippen LogP contribution in [0.3, 0.4) is 0 Å². The molecule has 0 aliphatic carbocycles. The number of hydrogen-bond acceptors (Lipinski definition) is 2. The summed E-state index contributed by atoms with van der Waals surface area (Å²) in [6.07, 6.45) is 0. The Morgan fingerprint density at radius 1 is 1.38 bits per heavy atom. The predicted molar refractivity (Wildman–Crippen MR) is 48.7 cm³/mol. The van der Waals surface area contributed by atoms with Crippen LogP contribution >= 0.6 is 0 Å². The average Bonchev–Trinajstić information content (AvgIpc) is 2.16. The third kappa shape index (κ3) is 3.57. The molecule has 2 N–H and O–H groups in total. The van der Waals surface area contributed by atoms with Crippen molar-refractivity contribution in [3.8, 4) is 0 Å². The Morgan fingerprint density at radius 2 is 2.08 bits per heavy atom. The van der Waals surface area contributed by atoms with Gasteiger partial charge < -0.3 is 10.4 Å². The molecule has 0 saturated heterocycles. The van der Waals surface area contributed by atoms with Gasteiger partial charge in [-0.15, -0.1) is 0 Å². The van der Waals surface area contributed by atoms with Gasteiger partial charge in [0.25, 0.3) is 0 Å². The molecule has 2 amide bonds. The van der Waals surface area contributed by atoms with Gasteiger partial charge in [-0.1, -0.05) is 18.2 Å². The molecule has 13 heavy (non-hydrogen) atoms. The van der Waals surface area contributed by atoms with Crippen LogP contribution in [0.25, 0.3) is 0 Å². The molecule has 0 unspecified atom stereocenters. The van der Waals surface area contributed by atoms with Crippen LogP contribution in [0.1, 0.15) is 0 Å². The number of carbonyl (C=O) groups excluding carboxylic acids is 1. The zero-order valence-corrected chi connectivity index (χ0v) is 7.10. The van der Waals surface area contributed by atoms with E-state index < -0.39 is 6.03 Å². The monoisotopic (exact) mass is 179 g/mol. The normalized spacial score (nSPS) is 9.31. The van der Waals surface area contributed by atoms with Crippen LogP contribution in [-0.4, -0.2) is 24.3 Å². The molecule has 69 valence electrons. The van der Waals surface area contributed by atoms with Gasteiger partial charge in [0.2, 0.25) is 0 Å². The van der Waals surface area contributed by atoms with Crippen molar-refractivity contribution < 1.29 is 9.90 Å². The molecule has 0 fully saturated rings. The van der Waals surface area contributed by atoms with Crippen LogP contribution in [0.5, 0.6) is 0 Å². The number of carbonyl (C=O) groups is 1. The largest absolute Gasteiger partial charge is 0.395 e. The van der Waals surface area contributed by atoms with Gasteiger partial charge in [0, 0.05) is 6.54 Å². The zero-order valence-electron chi connectivity index (χ0n) is 7.10. The molecule has 0 spiro atoms. The third-order valence-electron chi connectivity index (χ3n) is 1.37. The highest BCUT2D eigenvalue weighted by Crippen LogP contribution is 2.04. The van der Waals surface area contributed by atoms with Gasteiger partial charge in [0.15, 0.2) is 0 Å². The molecule has 1 radical (unpaired) electrons. The van der Waals surface area contributed by atoms with E-state index in [0.29, 0.717) is 5.69 Å². The summed E-state index contributed by atoms with van der Waals surface area (Å²) < 4.78 is 0. The third-order valence-corrected chi connectivity index (χ3v) is 1.37. The van der Waals surface area contributed by atoms with Crippen molar-refractivity contribution >= 4 is 11.7 Å². The van der Waals surface area contributed by atoms with E-state index in [0.717, 1.165) is 0 Å². The van der Waals surface area contributed by atoms with Crippen molar-refractivity contribution in [3.05, 3.63) is 30.3 Å². The molecule has 1 aromatic carbocycles. The van der Waals surface area contributed by atoms with Crippen LogP contribution in [0.15, 0.2) is 30.3 Å². The highest BCUT2D eigenvalue weighted by atomic mass is 16.3. The fourth-order valence-electron chi connectivity index (χ4n) is 0.822. The minimum absolute atomic E-state index is 0.0734. The van der Waals surface area contributed by atoms with E-state index in [4.69, 9.17) is 5.11 Å². The lowest BCUT2D eigenvalue weighted by molar-refractivity contribution is 0.237. The first-order valence-corrected chi connectivity index (χ1v) is 3.98. The fraction of sp³-hybridized carbons (Fsp3) is 0.222. The summed E-state index contributed by atoms with van der Waals surface area (Å²) in [5.74, 6) is 0. The number of para-hydroxylation sites is 1. The molecule has 0 aromatic heterocycles. The summed E-state index contributed by atoms with van der Waals surface area (Å²) >= 11 is 0. The average molecular weight is 179 g/mol. The molecule has 4 heteroatoms. The molecule has 4 nitrogen and oxygen atoms in total. The Balaban J connectivity index is 2.37. The van der Waals surface area contributed by atoms with Crippen LogP contribution in [0.2, 0.25) is 0 Å². The maximum absolute atomic E-state index is 11.0. The summed E-state index contributed by atoms with van der Waals surface area (Å²) in [5, 5.41) is 14.6. The molecule has 0 aliphatic rings. The lowest BCUT2D eigenvalue weighted by Crippen LogP contribution is -2.30. The summed E-state index contributed by atoms with van der Waals surface area (Å²) in [6.45, 7) is 0.158. The Bertz CT molecular complexity index is 262. The number of urea groups is 1. The van der Waals surface area contributed by atoms with E-state index in [1.54, 1.807) is 24.3 Å². The second-order valence-electron chi connectivity index (χ2n) is 2.40. The van der Waals surface area contributed by atoms with Gasteiger partial charge >= 0.3 is 6.03 Å². The Morgan fingerprint density at radius 3 is 2.69 bits per heavy atom. The second-order valence-corrected chi connectivity index (χ2v) is 2.40. The van der Waals surface area contributed by atoms with Gasteiger partial charge in [-0.05, 0) is 12.1 Å². The smallest absolute Gasteiger partial charge is 0.341 e. The lowest BCUT2D eigenvalue weighted by atomic mass is 10.3. The highest BCUT2D eigenvalue weighted by Gasteiger charge is 2.00. The van der Waals surface area contributed by atoms with E-state index in [2.05, 4.69) is 10.6 Å². The molecule has 0 atom stereocenters. The Labute approximate surface area is 76.6 Å². The first kappa shape index (κ1) is 9.54. The van der Waals surface area contributed by atoms with Crippen molar-refractivity contribution in [2.24, 2.45) is 0 Å². The number of amides is 2. The van der Waals surface area contributed by atoms with E-state index in [1.807, 2.05) is 6.07 Å². The minimum Gasteiger partial charge on any atom is -0.395 e. The summed E-state index contributed by atoms with van der Waals surface area (Å²) in [7, 11) is 0. The number of benzene rings is 1. The maximum Gasteiger partial charge on any atom is 0.341 e. The molecular formula is C9H11N2O2. The van der Waals surface area contributed by atoms with Crippen molar-refractivity contribution in [1.29, 1.82) is 0 Å². The molecule has 0 saturated carbocycles. The number of rotatable bonds is 3. The molecular weight excluding hydrogens is 168 g/mol. The van der Waals surface area contributed by atoms with Gasteiger partial charge in [-0.3, -0.25) is 0 Å². The molecule has 1 rings (SSSR count). The van der Waals surface area contributed by atoms with Crippen molar-refractivity contribution in [3.63, 3.8) is 0 Å². The van der Waals surface area contributed by atoms with Gasteiger partial charge in [-0.25, -0.2) is 4.79 Å². The van der Waals surface area contributed by atoms with Crippen LogP contribution in [0, 0.1) is 0 Å². The standard InChI is InChI=1S/C9H11N2O2/c12-7-6-10-9(13)11-8-4-2-1-3-5-8/h1-5,12H,6-7H2,(H,10,13). The van der Waals surface area contributed by atoms with Crippen molar-refractivity contribution in [2.45, 2.75) is 0 Å². The maximum atomic E-state index is 11.0. The Hall–Kier alpha value is -1.55. The second kappa shape index (κ2) is 5.16. The summed E-state index contributed by atoms with van der Waals surface area (Å²) in [5.41, 5.74) is 0.609. The van der Waals surface area contributed by atoms with E-state index in [1.165, 1.54) is 0 Å². The van der Waals surface area contributed by atoms with E-state index in [9.17, 15) is 4.79 Å². The quantitative estimate of drug-likeness (QED) is 0.714. The highest BCUT2D eigenvalue weighted by molar-refractivity contribution is 5.78. The Kier molecular flexibility index (Phi) is 3.78. The number of aliphatic hydroxyl groups excluding tert-OH is 1. The van der Waals surface area contributed by atoms with E-state index in [-0.39, 0.29) is 13.2 Å². The molecule has 1 aromatic rings. The van der Waals surface area contributed by atoms with Crippen LogP contribution < -0.4 is 10.6 Å². The van der Waals surface area contributed by atoms with Gasteiger partial charge in [0.05, 0.1) is 12.3 Å². The first-order valence-electron chi connectivity index (χ1n) is 3.98. The minimum atomic E-state index is -0.430. The molecule has 0 bridgehead atoms. The molecule has 0 aliphatic heterocycles. The van der Waals surface area contributed by atoms with Crippen molar-refractivity contribution in [1.82, 2.24) is 10.6 Å². The number of hydrogen-bond donors (Lipinski definition) is 2. The number of aliphatic hydroxyl groups is 1. The molecule has 0 heterocycles. The summed E-state index contributed by atoms with van der Waals surface area (Å²) in [4.78, 5) is 11.0.